The second-order valence-electron chi connectivity index (χ2n) is 6.40. The zero-order valence-corrected chi connectivity index (χ0v) is 15.9. The van der Waals surface area contributed by atoms with Gasteiger partial charge in [-0.1, -0.05) is 18.5 Å². The molecule has 6 nitrogen and oxygen atoms in total. The molecule has 144 valence electrons. The van der Waals surface area contributed by atoms with Crippen LogP contribution in [0.3, 0.4) is 0 Å². The number of ether oxygens (including phenoxy) is 1. The fraction of sp³-hybridized carbons (Fsp3) is 0.556. The SMILES string of the molecule is CCC(C)NC(=O)CN1CCN(C(=O)COc2ccc(F)c(Cl)c2)CC1. The summed E-state index contributed by atoms with van der Waals surface area (Å²) in [6.45, 7) is 6.59. The minimum absolute atomic E-state index is 0.00986. The van der Waals surface area contributed by atoms with Crippen LogP contribution in [-0.2, 0) is 9.59 Å². The molecule has 0 aromatic heterocycles. The van der Waals surface area contributed by atoms with Gasteiger partial charge >= 0.3 is 0 Å². The Bertz CT molecular complexity index is 636. The molecular weight excluding hydrogens is 361 g/mol. The van der Waals surface area contributed by atoms with Gasteiger partial charge in [-0.25, -0.2) is 4.39 Å². The van der Waals surface area contributed by atoms with E-state index in [1.165, 1.54) is 18.2 Å². The van der Waals surface area contributed by atoms with E-state index < -0.39 is 5.82 Å². The van der Waals surface area contributed by atoms with Gasteiger partial charge in [-0.2, -0.15) is 0 Å². The van der Waals surface area contributed by atoms with Crippen LogP contribution in [0.4, 0.5) is 4.39 Å². The van der Waals surface area contributed by atoms with Gasteiger partial charge in [0.25, 0.3) is 5.91 Å². The maximum atomic E-state index is 13.1. The van der Waals surface area contributed by atoms with Gasteiger partial charge in [-0.3, -0.25) is 14.5 Å². The molecule has 0 bridgehead atoms. The fourth-order valence-electron chi connectivity index (χ4n) is 2.58. The van der Waals surface area contributed by atoms with Crippen LogP contribution in [0.25, 0.3) is 0 Å². The molecule has 2 amide bonds. The van der Waals surface area contributed by atoms with Crippen molar-refractivity contribution >= 4 is 23.4 Å². The molecule has 1 N–H and O–H groups in total. The Morgan fingerprint density at radius 2 is 2.00 bits per heavy atom. The highest BCUT2D eigenvalue weighted by Crippen LogP contribution is 2.21. The first kappa shape index (κ1) is 20.5. The molecule has 1 fully saturated rings. The molecule has 1 aromatic carbocycles. The summed E-state index contributed by atoms with van der Waals surface area (Å²) >= 11 is 5.69. The van der Waals surface area contributed by atoms with E-state index in [0.29, 0.717) is 38.5 Å². The summed E-state index contributed by atoms with van der Waals surface area (Å²) in [5, 5.41) is 2.90. The molecule has 0 radical (unpaired) electrons. The van der Waals surface area contributed by atoms with Crippen LogP contribution in [0, 0.1) is 5.82 Å². The summed E-state index contributed by atoms with van der Waals surface area (Å²) in [5.74, 6) is -0.311. The average Bonchev–Trinajstić information content (AvgIpc) is 2.62. The summed E-state index contributed by atoms with van der Waals surface area (Å²) in [4.78, 5) is 27.9. The first-order valence-corrected chi connectivity index (χ1v) is 9.14. The number of carbonyl (C=O) groups is 2. The first-order chi connectivity index (χ1) is 12.4. The molecule has 1 aromatic rings. The van der Waals surface area contributed by atoms with E-state index in [9.17, 15) is 14.0 Å². The Morgan fingerprint density at radius 1 is 1.31 bits per heavy atom. The van der Waals surface area contributed by atoms with Gasteiger partial charge in [-0.15, -0.1) is 0 Å². The second kappa shape index (κ2) is 9.73. The van der Waals surface area contributed by atoms with Crippen molar-refractivity contribution in [3.63, 3.8) is 0 Å². The van der Waals surface area contributed by atoms with Crippen LogP contribution in [0.15, 0.2) is 18.2 Å². The number of piperazine rings is 1. The number of amides is 2. The first-order valence-electron chi connectivity index (χ1n) is 8.76. The van der Waals surface area contributed by atoms with Crippen molar-refractivity contribution in [1.82, 2.24) is 15.1 Å². The number of hydrogen-bond donors (Lipinski definition) is 1. The Labute approximate surface area is 158 Å². The van der Waals surface area contributed by atoms with Crippen molar-refractivity contribution in [3.8, 4) is 5.75 Å². The monoisotopic (exact) mass is 385 g/mol. The predicted octanol–water partition coefficient (Wildman–Crippen LogP) is 1.92. The molecule has 0 aliphatic carbocycles. The maximum absolute atomic E-state index is 13.1. The van der Waals surface area contributed by atoms with Gasteiger partial charge in [0.1, 0.15) is 11.6 Å². The third-order valence-electron chi connectivity index (χ3n) is 4.37. The van der Waals surface area contributed by atoms with Crippen LogP contribution in [0.5, 0.6) is 5.75 Å². The van der Waals surface area contributed by atoms with E-state index in [0.717, 1.165) is 6.42 Å². The predicted molar refractivity (Wildman–Crippen MR) is 97.8 cm³/mol. The second-order valence-corrected chi connectivity index (χ2v) is 6.81. The van der Waals surface area contributed by atoms with Gasteiger partial charge in [0.15, 0.2) is 6.61 Å². The number of nitrogens with one attached hydrogen (secondary N) is 1. The van der Waals surface area contributed by atoms with Crippen molar-refractivity contribution in [2.75, 3.05) is 39.3 Å². The number of rotatable bonds is 7. The highest BCUT2D eigenvalue weighted by molar-refractivity contribution is 6.30. The van der Waals surface area contributed by atoms with Gasteiger partial charge < -0.3 is 15.0 Å². The molecule has 1 aliphatic rings. The molecule has 26 heavy (non-hydrogen) atoms. The highest BCUT2D eigenvalue weighted by Gasteiger charge is 2.23. The van der Waals surface area contributed by atoms with Crippen molar-refractivity contribution in [3.05, 3.63) is 29.0 Å². The third kappa shape index (κ3) is 6.14. The Kier molecular flexibility index (Phi) is 7.66. The van der Waals surface area contributed by atoms with E-state index in [1.807, 2.05) is 18.7 Å². The topological polar surface area (TPSA) is 61.9 Å². The van der Waals surface area contributed by atoms with Gasteiger partial charge in [-0.05, 0) is 25.5 Å². The van der Waals surface area contributed by atoms with Gasteiger partial charge in [0.05, 0.1) is 11.6 Å². The smallest absolute Gasteiger partial charge is 0.260 e. The maximum Gasteiger partial charge on any atom is 0.260 e. The van der Waals surface area contributed by atoms with E-state index in [1.54, 1.807) is 4.90 Å². The van der Waals surface area contributed by atoms with E-state index in [4.69, 9.17) is 16.3 Å². The van der Waals surface area contributed by atoms with Gasteiger partial charge in [0.2, 0.25) is 5.91 Å². The van der Waals surface area contributed by atoms with Crippen LogP contribution < -0.4 is 10.1 Å². The molecule has 1 aliphatic heterocycles. The summed E-state index contributed by atoms with van der Waals surface area (Å²) in [6, 6.07) is 4.15. The Hall–Kier alpha value is -1.86. The fourth-order valence-corrected chi connectivity index (χ4v) is 2.75. The van der Waals surface area contributed by atoms with Gasteiger partial charge in [0, 0.05) is 38.3 Å². The highest BCUT2D eigenvalue weighted by atomic mass is 35.5. The summed E-state index contributed by atoms with van der Waals surface area (Å²) < 4.78 is 18.5. The van der Waals surface area contributed by atoms with E-state index in [2.05, 4.69) is 5.32 Å². The normalized spacial score (nSPS) is 16.2. The van der Waals surface area contributed by atoms with E-state index >= 15 is 0 Å². The lowest BCUT2D eigenvalue weighted by molar-refractivity contribution is -0.135. The number of carbonyl (C=O) groups excluding carboxylic acids is 2. The lowest BCUT2D eigenvalue weighted by Gasteiger charge is -2.34. The molecular formula is C18H25ClFN3O3. The molecule has 1 unspecified atom stereocenters. The van der Waals surface area contributed by atoms with Crippen molar-refractivity contribution in [1.29, 1.82) is 0 Å². The third-order valence-corrected chi connectivity index (χ3v) is 4.65. The summed E-state index contributed by atoms with van der Waals surface area (Å²) in [5.41, 5.74) is 0. The molecule has 1 atom stereocenters. The Balaban J connectivity index is 1.72. The standard InChI is InChI=1S/C18H25ClFN3O3/c1-3-13(2)21-17(24)11-22-6-8-23(9-7-22)18(25)12-26-14-4-5-16(20)15(19)10-14/h4-5,10,13H,3,6-9,11-12H2,1-2H3,(H,21,24). The molecule has 1 saturated heterocycles. The molecule has 8 heteroatoms. The molecule has 1 heterocycles. The number of hydrogen-bond acceptors (Lipinski definition) is 4. The van der Waals surface area contributed by atoms with Crippen LogP contribution in [-0.4, -0.2) is 67.0 Å². The van der Waals surface area contributed by atoms with Crippen molar-refractivity contribution in [2.24, 2.45) is 0 Å². The molecule has 2 rings (SSSR count). The molecule has 0 spiro atoms. The van der Waals surface area contributed by atoms with Crippen LogP contribution in [0.2, 0.25) is 5.02 Å². The zero-order chi connectivity index (χ0) is 19.1. The lowest BCUT2D eigenvalue weighted by Crippen LogP contribution is -2.52. The number of halogens is 2. The average molecular weight is 386 g/mol. The minimum atomic E-state index is -0.529. The quantitative estimate of drug-likeness (QED) is 0.779. The van der Waals surface area contributed by atoms with Crippen molar-refractivity contribution < 1.29 is 18.7 Å². The molecule has 0 saturated carbocycles. The number of nitrogens with zero attached hydrogens (tertiary/aromatic N) is 2. The summed E-state index contributed by atoms with van der Waals surface area (Å²) in [6.07, 6.45) is 0.896. The van der Waals surface area contributed by atoms with Crippen LogP contribution >= 0.6 is 11.6 Å². The van der Waals surface area contributed by atoms with E-state index in [-0.39, 0.29) is 29.5 Å². The van der Waals surface area contributed by atoms with Crippen molar-refractivity contribution in [2.45, 2.75) is 26.3 Å². The number of benzene rings is 1. The van der Waals surface area contributed by atoms with Crippen LogP contribution in [0.1, 0.15) is 20.3 Å². The lowest BCUT2D eigenvalue weighted by atomic mass is 10.2. The Morgan fingerprint density at radius 3 is 2.62 bits per heavy atom. The zero-order valence-electron chi connectivity index (χ0n) is 15.1. The minimum Gasteiger partial charge on any atom is -0.484 e. The summed E-state index contributed by atoms with van der Waals surface area (Å²) in [7, 11) is 0. The largest absolute Gasteiger partial charge is 0.484 e.